The third kappa shape index (κ3) is 2.91. The van der Waals surface area contributed by atoms with Crippen molar-refractivity contribution < 1.29 is 14.1 Å². The SMILES string of the molecule is O=C(CCl)N1CCOCC1c1noc(-c2ccccc2)n1. The molecule has 0 saturated carbocycles. The highest BCUT2D eigenvalue weighted by Gasteiger charge is 2.31. The number of rotatable bonds is 3. The summed E-state index contributed by atoms with van der Waals surface area (Å²) >= 11 is 5.64. The first kappa shape index (κ1) is 14.0. The highest BCUT2D eigenvalue weighted by Crippen LogP contribution is 2.25. The van der Waals surface area contributed by atoms with Crippen molar-refractivity contribution in [2.24, 2.45) is 0 Å². The van der Waals surface area contributed by atoms with Gasteiger partial charge < -0.3 is 14.2 Å². The van der Waals surface area contributed by atoms with Gasteiger partial charge in [-0.1, -0.05) is 23.4 Å². The monoisotopic (exact) mass is 307 g/mol. The van der Waals surface area contributed by atoms with Gasteiger partial charge in [-0.2, -0.15) is 4.98 Å². The first-order chi connectivity index (χ1) is 10.3. The van der Waals surface area contributed by atoms with Crippen molar-refractivity contribution in [2.75, 3.05) is 25.6 Å². The van der Waals surface area contributed by atoms with Crippen LogP contribution in [0, 0.1) is 0 Å². The van der Waals surface area contributed by atoms with E-state index in [1.807, 2.05) is 30.3 Å². The molecule has 1 atom stereocenters. The molecule has 6 nitrogen and oxygen atoms in total. The summed E-state index contributed by atoms with van der Waals surface area (Å²) in [4.78, 5) is 17.9. The molecule has 0 spiro atoms. The van der Waals surface area contributed by atoms with Gasteiger partial charge in [-0.15, -0.1) is 11.6 Å². The number of aromatic nitrogens is 2. The third-order valence-electron chi connectivity index (χ3n) is 3.32. The summed E-state index contributed by atoms with van der Waals surface area (Å²) in [5, 5.41) is 3.98. The van der Waals surface area contributed by atoms with Crippen LogP contribution < -0.4 is 0 Å². The van der Waals surface area contributed by atoms with Gasteiger partial charge in [-0.05, 0) is 12.1 Å². The summed E-state index contributed by atoms with van der Waals surface area (Å²) in [6.07, 6.45) is 0. The van der Waals surface area contributed by atoms with Crippen LogP contribution in [0.15, 0.2) is 34.9 Å². The van der Waals surface area contributed by atoms with Crippen molar-refractivity contribution in [3.63, 3.8) is 0 Å². The molecule has 110 valence electrons. The molecule has 2 aromatic rings. The Morgan fingerprint density at radius 2 is 2.19 bits per heavy atom. The average molecular weight is 308 g/mol. The van der Waals surface area contributed by atoms with Crippen molar-refractivity contribution in [3.8, 4) is 11.5 Å². The Bertz CT molecular complexity index is 617. The van der Waals surface area contributed by atoms with E-state index in [0.29, 0.717) is 31.5 Å². The van der Waals surface area contributed by atoms with Gasteiger partial charge in [0, 0.05) is 12.1 Å². The van der Waals surface area contributed by atoms with E-state index in [2.05, 4.69) is 10.1 Å². The van der Waals surface area contributed by atoms with E-state index < -0.39 is 0 Å². The number of carbonyl (C=O) groups excluding carboxylic acids is 1. The lowest BCUT2D eigenvalue weighted by molar-refractivity contribution is -0.137. The van der Waals surface area contributed by atoms with Gasteiger partial charge in [0.05, 0.1) is 13.2 Å². The van der Waals surface area contributed by atoms with Crippen molar-refractivity contribution in [3.05, 3.63) is 36.2 Å². The molecule has 1 fully saturated rings. The Morgan fingerprint density at radius 1 is 1.38 bits per heavy atom. The van der Waals surface area contributed by atoms with Gasteiger partial charge in [0.15, 0.2) is 5.82 Å². The smallest absolute Gasteiger partial charge is 0.257 e. The van der Waals surface area contributed by atoms with Gasteiger partial charge in [0.25, 0.3) is 5.89 Å². The summed E-state index contributed by atoms with van der Waals surface area (Å²) in [7, 11) is 0. The molecule has 1 amide bonds. The van der Waals surface area contributed by atoms with E-state index in [1.54, 1.807) is 4.90 Å². The third-order valence-corrected chi connectivity index (χ3v) is 3.55. The Labute approximate surface area is 126 Å². The van der Waals surface area contributed by atoms with E-state index in [1.165, 1.54) is 0 Å². The molecule has 7 heteroatoms. The van der Waals surface area contributed by atoms with Gasteiger partial charge in [-0.3, -0.25) is 4.79 Å². The molecule has 0 aliphatic carbocycles. The molecular formula is C14H14ClN3O3. The zero-order valence-corrected chi connectivity index (χ0v) is 12.0. The molecule has 1 aromatic carbocycles. The fourth-order valence-corrected chi connectivity index (χ4v) is 2.41. The molecule has 0 radical (unpaired) electrons. The Morgan fingerprint density at radius 3 is 2.95 bits per heavy atom. The van der Waals surface area contributed by atoms with Crippen molar-refractivity contribution in [1.29, 1.82) is 0 Å². The highest BCUT2D eigenvalue weighted by atomic mass is 35.5. The Hall–Kier alpha value is -1.92. The van der Waals surface area contributed by atoms with Crippen LogP contribution in [0.3, 0.4) is 0 Å². The number of alkyl halides is 1. The maximum atomic E-state index is 11.9. The van der Waals surface area contributed by atoms with Crippen LogP contribution in [0.4, 0.5) is 0 Å². The van der Waals surface area contributed by atoms with Crippen molar-refractivity contribution in [1.82, 2.24) is 15.0 Å². The lowest BCUT2D eigenvalue weighted by Crippen LogP contribution is -2.44. The predicted molar refractivity (Wildman–Crippen MR) is 75.7 cm³/mol. The fraction of sp³-hybridized carbons (Fsp3) is 0.357. The molecule has 1 aliphatic heterocycles. The topological polar surface area (TPSA) is 68.5 Å². The van der Waals surface area contributed by atoms with Crippen LogP contribution in [0.5, 0.6) is 0 Å². The van der Waals surface area contributed by atoms with Gasteiger partial charge in [0.2, 0.25) is 5.91 Å². The quantitative estimate of drug-likeness (QED) is 0.810. The van der Waals surface area contributed by atoms with E-state index in [0.717, 1.165) is 5.56 Å². The van der Waals surface area contributed by atoms with Crippen LogP contribution >= 0.6 is 11.6 Å². The second-order valence-electron chi connectivity index (χ2n) is 4.64. The minimum Gasteiger partial charge on any atom is -0.377 e. The number of ether oxygens (including phenoxy) is 1. The number of amides is 1. The largest absolute Gasteiger partial charge is 0.377 e. The number of benzene rings is 1. The summed E-state index contributed by atoms with van der Waals surface area (Å²) in [6.45, 7) is 1.31. The molecular weight excluding hydrogens is 294 g/mol. The fourth-order valence-electron chi connectivity index (χ4n) is 2.26. The maximum Gasteiger partial charge on any atom is 0.257 e. The Balaban J connectivity index is 1.86. The number of morpholine rings is 1. The molecule has 1 unspecified atom stereocenters. The average Bonchev–Trinajstić information content (AvgIpc) is 3.05. The van der Waals surface area contributed by atoms with Crippen LogP contribution in [0.2, 0.25) is 0 Å². The number of carbonyl (C=O) groups is 1. The second-order valence-corrected chi connectivity index (χ2v) is 4.90. The minimum absolute atomic E-state index is 0.0695. The molecule has 3 rings (SSSR count). The lowest BCUT2D eigenvalue weighted by atomic mass is 10.2. The zero-order valence-electron chi connectivity index (χ0n) is 11.2. The molecule has 2 heterocycles. The van der Waals surface area contributed by atoms with Gasteiger partial charge in [0.1, 0.15) is 11.9 Å². The normalized spacial score (nSPS) is 18.7. The van der Waals surface area contributed by atoms with Crippen molar-refractivity contribution in [2.45, 2.75) is 6.04 Å². The van der Waals surface area contributed by atoms with E-state index in [9.17, 15) is 4.79 Å². The van der Waals surface area contributed by atoms with Crippen LogP contribution in [0.1, 0.15) is 11.9 Å². The van der Waals surface area contributed by atoms with Gasteiger partial charge in [-0.25, -0.2) is 0 Å². The number of halogens is 1. The highest BCUT2D eigenvalue weighted by molar-refractivity contribution is 6.27. The van der Waals surface area contributed by atoms with Crippen LogP contribution in [-0.2, 0) is 9.53 Å². The summed E-state index contributed by atoms with van der Waals surface area (Å²) in [5.41, 5.74) is 0.836. The standard InChI is InChI=1S/C14H14ClN3O3/c15-8-12(19)18-6-7-20-9-11(18)13-16-14(21-17-13)10-4-2-1-3-5-10/h1-5,11H,6-9H2. The van der Waals surface area contributed by atoms with Crippen LogP contribution in [0.25, 0.3) is 11.5 Å². The van der Waals surface area contributed by atoms with Gasteiger partial charge >= 0.3 is 0 Å². The molecule has 0 N–H and O–H groups in total. The summed E-state index contributed by atoms with van der Waals surface area (Å²) in [5.74, 6) is 0.636. The summed E-state index contributed by atoms with van der Waals surface area (Å²) < 4.78 is 10.7. The number of hydrogen-bond donors (Lipinski definition) is 0. The van der Waals surface area contributed by atoms with Crippen molar-refractivity contribution >= 4 is 17.5 Å². The Kier molecular flexibility index (Phi) is 4.17. The maximum absolute atomic E-state index is 11.9. The van der Waals surface area contributed by atoms with Crippen LogP contribution in [-0.4, -0.2) is 46.6 Å². The molecule has 1 aliphatic rings. The molecule has 1 saturated heterocycles. The first-order valence-electron chi connectivity index (χ1n) is 6.62. The number of hydrogen-bond acceptors (Lipinski definition) is 5. The predicted octanol–water partition coefficient (Wildman–Crippen LogP) is 1.88. The second kappa shape index (κ2) is 6.24. The number of nitrogens with zero attached hydrogens (tertiary/aromatic N) is 3. The summed E-state index contributed by atoms with van der Waals surface area (Å²) in [6, 6.07) is 9.12. The van der Waals surface area contributed by atoms with E-state index in [4.69, 9.17) is 20.9 Å². The first-order valence-corrected chi connectivity index (χ1v) is 7.15. The molecule has 1 aromatic heterocycles. The zero-order chi connectivity index (χ0) is 14.7. The molecule has 21 heavy (non-hydrogen) atoms. The minimum atomic E-state index is -0.355. The lowest BCUT2D eigenvalue weighted by Gasteiger charge is -2.33. The van der Waals surface area contributed by atoms with E-state index in [-0.39, 0.29) is 17.8 Å². The molecule has 0 bridgehead atoms. The van der Waals surface area contributed by atoms with E-state index >= 15 is 0 Å².